The molecule has 1 heterocycles. The molecule has 1 amide bonds. The number of amides is 1. The second kappa shape index (κ2) is 11.8. The minimum atomic E-state index is 0.0473. The molecule has 2 fully saturated rings. The highest BCUT2D eigenvalue weighted by molar-refractivity contribution is 5.80. The van der Waals surface area contributed by atoms with E-state index in [9.17, 15) is 4.79 Å². The van der Waals surface area contributed by atoms with Gasteiger partial charge in [0.1, 0.15) is 5.75 Å². The Morgan fingerprint density at radius 3 is 2.60 bits per heavy atom. The van der Waals surface area contributed by atoms with Gasteiger partial charge in [-0.2, -0.15) is 0 Å². The molecule has 1 aromatic carbocycles. The van der Waals surface area contributed by atoms with Crippen LogP contribution in [-0.4, -0.2) is 87.8 Å². The lowest BCUT2D eigenvalue weighted by molar-refractivity contribution is -0.122. The standard InChI is InChI=1S/C22H35N5O3/c1-23-22(25-16-18-6-3-4-9-20(18)30-19-7-5-8-19)27-13-11-26(12-14-27)17-21(28)24-10-15-29-2/h3-4,6,9,19H,5,7-8,10-17H2,1-2H3,(H,23,25)(H,24,28). The molecule has 1 saturated carbocycles. The first-order valence-corrected chi connectivity index (χ1v) is 10.9. The normalized spacial score (nSPS) is 18.1. The van der Waals surface area contributed by atoms with Crippen LogP contribution in [0.3, 0.4) is 0 Å². The summed E-state index contributed by atoms with van der Waals surface area (Å²) < 4.78 is 11.1. The van der Waals surface area contributed by atoms with E-state index in [4.69, 9.17) is 9.47 Å². The van der Waals surface area contributed by atoms with E-state index in [1.165, 1.54) is 6.42 Å². The van der Waals surface area contributed by atoms with Gasteiger partial charge in [-0.3, -0.25) is 14.7 Å². The summed E-state index contributed by atoms with van der Waals surface area (Å²) in [6.07, 6.45) is 3.93. The summed E-state index contributed by atoms with van der Waals surface area (Å²) in [7, 11) is 3.45. The van der Waals surface area contributed by atoms with E-state index >= 15 is 0 Å². The average molecular weight is 418 g/mol. The van der Waals surface area contributed by atoms with E-state index in [0.717, 1.165) is 56.3 Å². The molecule has 8 nitrogen and oxygen atoms in total. The van der Waals surface area contributed by atoms with Crippen LogP contribution in [-0.2, 0) is 16.1 Å². The average Bonchev–Trinajstić information content (AvgIpc) is 2.73. The number of para-hydroxylation sites is 1. The van der Waals surface area contributed by atoms with Gasteiger partial charge in [-0.25, -0.2) is 0 Å². The molecule has 0 atom stereocenters. The van der Waals surface area contributed by atoms with Crippen LogP contribution in [0.5, 0.6) is 5.75 Å². The molecule has 1 aromatic rings. The van der Waals surface area contributed by atoms with Crippen LogP contribution < -0.4 is 15.4 Å². The van der Waals surface area contributed by atoms with Crippen molar-refractivity contribution >= 4 is 11.9 Å². The van der Waals surface area contributed by atoms with Crippen molar-refractivity contribution in [1.82, 2.24) is 20.4 Å². The van der Waals surface area contributed by atoms with Crippen LogP contribution in [0.25, 0.3) is 0 Å². The first kappa shape index (κ1) is 22.4. The number of guanidine groups is 1. The number of methoxy groups -OCH3 is 1. The Balaban J connectivity index is 1.43. The Labute approximate surface area is 179 Å². The highest BCUT2D eigenvalue weighted by Crippen LogP contribution is 2.27. The second-order valence-corrected chi connectivity index (χ2v) is 7.79. The zero-order valence-corrected chi connectivity index (χ0v) is 18.2. The molecule has 0 bridgehead atoms. The third-order valence-corrected chi connectivity index (χ3v) is 5.63. The molecule has 0 aromatic heterocycles. The van der Waals surface area contributed by atoms with Gasteiger partial charge in [-0.05, 0) is 25.3 Å². The van der Waals surface area contributed by atoms with Gasteiger partial charge in [-0.15, -0.1) is 0 Å². The summed E-state index contributed by atoms with van der Waals surface area (Å²) in [4.78, 5) is 20.9. The van der Waals surface area contributed by atoms with Crippen molar-refractivity contribution in [2.75, 3.05) is 60.0 Å². The highest BCUT2D eigenvalue weighted by atomic mass is 16.5. The van der Waals surface area contributed by atoms with Crippen molar-refractivity contribution in [2.45, 2.75) is 31.9 Å². The summed E-state index contributed by atoms with van der Waals surface area (Å²) in [6, 6.07) is 8.23. The van der Waals surface area contributed by atoms with Crippen molar-refractivity contribution in [3.05, 3.63) is 29.8 Å². The van der Waals surface area contributed by atoms with Crippen molar-refractivity contribution in [3.63, 3.8) is 0 Å². The summed E-state index contributed by atoms with van der Waals surface area (Å²) in [5.41, 5.74) is 1.15. The Hall–Kier alpha value is -2.32. The predicted molar refractivity (Wildman–Crippen MR) is 118 cm³/mol. The van der Waals surface area contributed by atoms with E-state index in [1.54, 1.807) is 7.11 Å². The Bertz CT molecular complexity index is 700. The zero-order chi connectivity index (χ0) is 21.2. The van der Waals surface area contributed by atoms with Crippen LogP contribution in [0.1, 0.15) is 24.8 Å². The monoisotopic (exact) mass is 417 g/mol. The highest BCUT2D eigenvalue weighted by Gasteiger charge is 2.22. The predicted octanol–water partition coefficient (Wildman–Crippen LogP) is 1.07. The fraction of sp³-hybridized carbons (Fsp3) is 0.636. The minimum Gasteiger partial charge on any atom is -0.490 e. The summed E-state index contributed by atoms with van der Waals surface area (Å²) in [5, 5.41) is 6.35. The van der Waals surface area contributed by atoms with E-state index in [-0.39, 0.29) is 5.91 Å². The van der Waals surface area contributed by atoms with Crippen molar-refractivity contribution < 1.29 is 14.3 Å². The van der Waals surface area contributed by atoms with Crippen LogP contribution >= 0.6 is 0 Å². The molecule has 0 unspecified atom stereocenters. The van der Waals surface area contributed by atoms with Gasteiger partial charge in [0.2, 0.25) is 5.91 Å². The number of ether oxygens (including phenoxy) is 2. The SMILES string of the molecule is CN=C(NCc1ccccc1OC1CCC1)N1CCN(CC(=O)NCCOC)CC1. The molecule has 2 N–H and O–H groups in total. The fourth-order valence-electron chi connectivity index (χ4n) is 3.61. The van der Waals surface area contributed by atoms with E-state index in [1.807, 2.05) is 19.2 Å². The third-order valence-electron chi connectivity index (χ3n) is 5.63. The van der Waals surface area contributed by atoms with Crippen molar-refractivity contribution in [2.24, 2.45) is 4.99 Å². The zero-order valence-electron chi connectivity index (χ0n) is 18.2. The molecule has 1 aliphatic heterocycles. The van der Waals surface area contributed by atoms with Gasteiger partial charge in [0.15, 0.2) is 5.96 Å². The molecular weight excluding hydrogens is 382 g/mol. The molecule has 0 spiro atoms. The summed E-state index contributed by atoms with van der Waals surface area (Å²) >= 11 is 0. The van der Waals surface area contributed by atoms with Crippen molar-refractivity contribution in [1.29, 1.82) is 0 Å². The smallest absolute Gasteiger partial charge is 0.234 e. The number of carbonyl (C=O) groups is 1. The molecular formula is C22H35N5O3. The summed E-state index contributed by atoms with van der Waals surface area (Å²) in [5.74, 6) is 1.90. The molecule has 2 aliphatic rings. The van der Waals surface area contributed by atoms with Gasteiger partial charge in [0.25, 0.3) is 0 Å². The number of rotatable bonds is 9. The van der Waals surface area contributed by atoms with Gasteiger partial charge in [0, 0.05) is 59.0 Å². The molecule has 1 saturated heterocycles. The van der Waals surface area contributed by atoms with E-state index < -0.39 is 0 Å². The first-order valence-electron chi connectivity index (χ1n) is 10.9. The van der Waals surface area contributed by atoms with Gasteiger partial charge < -0.3 is 25.0 Å². The molecule has 30 heavy (non-hydrogen) atoms. The Morgan fingerprint density at radius 1 is 1.17 bits per heavy atom. The number of hydrogen-bond acceptors (Lipinski definition) is 5. The Morgan fingerprint density at radius 2 is 1.93 bits per heavy atom. The maximum Gasteiger partial charge on any atom is 0.234 e. The van der Waals surface area contributed by atoms with Crippen LogP contribution in [0.15, 0.2) is 29.3 Å². The number of nitrogens with zero attached hydrogens (tertiary/aromatic N) is 3. The van der Waals surface area contributed by atoms with Crippen LogP contribution in [0, 0.1) is 0 Å². The number of aliphatic imine (C=N–C) groups is 1. The number of piperazine rings is 1. The number of nitrogens with one attached hydrogen (secondary N) is 2. The van der Waals surface area contributed by atoms with E-state index in [0.29, 0.717) is 32.3 Å². The maximum absolute atomic E-state index is 12.0. The topological polar surface area (TPSA) is 78.4 Å². The molecule has 0 radical (unpaired) electrons. The first-order chi connectivity index (χ1) is 14.7. The van der Waals surface area contributed by atoms with Gasteiger partial charge >= 0.3 is 0 Å². The molecule has 1 aliphatic carbocycles. The van der Waals surface area contributed by atoms with E-state index in [2.05, 4.69) is 37.6 Å². The quantitative estimate of drug-likeness (QED) is 0.356. The molecule has 166 valence electrons. The molecule has 3 rings (SSSR count). The number of carbonyl (C=O) groups excluding carboxylic acids is 1. The Kier molecular flexibility index (Phi) is 8.77. The lowest BCUT2D eigenvalue weighted by Gasteiger charge is -2.36. The number of hydrogen-bond donors (Lipinski definition) is 2. The maximum atomic E-state index is 12.0. The second-order valence-electron chi connectivity index (χ2n) is 7.79. The lowest BCUT2D eigenvalue weighted by Crippen LogP contribution is -2.54. The number of benzene rings is 1. The lowest BCUT2D eigenvalue weighted by atomic mass is 9.96. The van der Waals surface area contributed by atoms with Gasteiger partial charge in [-0.1, -0.05) is 18.2 Å². The largest absolute Gasteiger partial charge is 0.490 e. The fourth-order valence-corrected chi connectivity index (χ4v) is 3.61. The van der Waals surface area contributed by atoms with Crippen LogP contribution in [0.2, 0.25) is 0 Å². The minimum absolute atomic E-state index is 0.0473. The van der Waals surface area contributed by atoms with Crippen LogP contribution in [0.4, 0.5) is 0 Å². The molecule has 8 heteroatoms. The van der Waals surface area contributed by atoms with Crippen molar-refractivity contribution in [3.8, 4) is 5.75 Å². The van der Waals surface area contributed by atoms with Gasteiger partial charge in [0.05, 0.1) is 19.3 Å². The third kappa shape index (κ3) is 6.60. The summed E-state index contributed by atoms with van der Waals surface area (Å²) in [6.45, 7) is 5.54.